The molecule has 0 saturated carbocycles. The first kappa shape index (κ1) is 16.2. The summed E-state index contributed by atoms with van der Waals surface area (Å²) in [7, 11) is 1.60. The molecule has 1 aromatic heterocycles. The zero-order valence-corrected chi connectivity index (χ0v) is 12.5. The third kappa shape index (κ3) is 5.88. The van der Waals surface area contributed by atoms with Crippen molar-refractivity contribution in [3.63, 3.8) is 0 Å². The molecule has 1 amide bonds. The molecule has 0 saturated heterocycles. The van der Waals surface area contributed by atoms with E-state index < -0.39 is 0 Å². The minimum Gasteiger partial charge on any atom is -0.473 e. The molecule has 1 aromatic rings. The number of anilines is 1. The van der Waals surface area contributed by atoms with Gasteiger partial charge in [0.05, 0.1) is 24.9 Å². The highest BCUT2D eigenvalue weighted by atomic mass is 16.5. The van der Waals surface area contributed by atoms with Gasteiger partial charge in [-0.15, -0.1) is 0 Å². The van der Waals surface area contributed by atoms with Crippen molar-refractivity contribution >= 4 is 11.6 Å². The van der Waals surface area contributed by atoms with Gasteiger partial charge in [0.15, 0.2) is 0 Å². The maximum atomic E-state index is 11.7. The molecule has 0 bridgehead atoms. The monoisotopic (exact) mass is 281 g/mol. The predicted octanol–water partition coefficient (Wildman–Crippen LogP) is 1.43. The van der Waals surface area contributed by atoms with Crippen LogP contribution in [0.25, 0.3) is 0 Å². The largest absolute Gasteiger partial charge is 0.473 e. The second kappa shape index (κ2) is 8.37. The molecule has 0 fully saturated rings. The average molecular weight is 281 g/mol. The van der Waals surface area contributed by atoms with Crippen molar-refractivity contribution in [3.05, 3.63) is 18.3 Å². The molecule has 6 nitrogen and oxygen atoms in total. The molecule has 112 valence electrons. The van der Waals surface area contributed by atoms with Crippen LogP contribution in [-0.4, -0.2) is 43.3 Å². The van der Waals surface area contributed by atoms with E-state index >= 15 is 0 Å². The average Bonchev–Trinajstić information content (AvgIpc) is 2.37. The topological polar surface area (TPSA) is 72.5 Å². The quantitative estimate of drug-likeness (QED) is 0.754. The number of rotatable bonds is 8. The van der Waals surface area contributed by atoms with Crippen LogP contribution in [0, 0.1) is 0 Å². The number of hydrogen-bond donors (Lipinski definition) is 2. The number of nitrogens with one attached hydrogen (secondary N) is 2. The van der Waals surface area contributed by atoms with Crippen LogP contribution >= 0.6 is 0 Å². The van der Waals surface area contributed by atoms with Crippen molar-refractivity contribution < 1.29 is 14.3 Å². The Morgan fingerprint density at radius 3 is 2.80 bits per heavy atom. The lowest BCUT2D eigenvalue weighted by Crippen LogP contribution is -2.39. The minimum atomic E-state index is -0.103. The van der Waals surface area contributed by atoms with Gasteiger partial charge in [-0.05, 0) is 32.9 Å². The predicted molar refractivity (Wildman–Crippen MR) is 78.0 cm³/mol. The first-order chi connectivity index (χ1) is 9.52. The normalized spacial score (nSPS) is 12.1. The van der Waals surface area contributed by atoms with Crippen molar-refractivity contribution in [3.8, 4) is 5.88 Å². The fraction of sp³-hybridized carbons (Fsp3) is 0.571. The van der Waals surface area contributed by atoms with E-state index in [-0.39, 0.29) is 24.6 Å². The van der Waals surface area contributed by atoms with Crippen LogP contribution in [0.2, 0.25) is 0 Å². The number of carbonyl (C=O) groups excluding carboxylic acids is 1. The highest BCUT2D eigenvalue weighted by Crippen LogP contribution is 2.21. The van der Waals surface area contributed by atoms with Crippen molar-refractivity contribution in [1.29, 1.82) is 0 Å². The van der Waals surface area contributed by atoms with E-state index in [1.165, 1.54) is 0 Å². The van der Waals surface area contributed by atoms with E-state index in [2.05, 4.69) is 15.6 Å². The molecule has 0 aliphatic heterocycles. The molecule has 6 heteroatoms. The standard InChI is InChI=1S/C14H23N3O3/c1-10(2)20-14-12(6-5-7-15-14)16-8-13(18)17-11(3)9-19-4/h5-7,10-11,16H,8-9H2,1-4H3,(H,17,18). The summed E-state index contributed by atoms with van der Waals surface area (Å²) < 4.78 is 10.5. The SMILES string of the molecule is COCC(C)NC(=O)CNc1cccnc1OC(C)C. The van der Waals surface area contributed by atoms with Crippen molar-refractivity contribution in [2.45, 2.75) is 32.9 Å². The molecule has 0 aliphatic carbocycles. The van der Waals surface area contributed by atoms with Crippen LogP contribution in [0.5, 0.6) is 5.88 Å². The van der Waals surface area contributed by atoms with Gasteiger partial charge in [-0.1, -0.05) is 0 Å². The number of ether oxygens (including phenoxy) is 2. The van der Waals surface area contributed by atoms with Gasteiger partial charge >= 0.3 is 0 Å². The van der Waals surface area contributed by atoms with Gasteiger partial charge in [-0.25, -0.2) is 4.98 Å². The van der Waals surface area contributed by atoms with E-state index in [4.69, 9.17) is 9.47 Å². The van der Waals surface area contributed by atoms with Gasteiger partial charge in [0, 0.05) is 19.3 Å². The first-order valence-electron chi connectivity index (χ1n) is 6.66. The van der Waals surface area contributed by atoms with Gasteiger partial charge in [-0.3, -0.25) is 4.79 Å². The van der Waals surface area contributed by atoms with Crippen LogP contribution in [-0.2, 0) is 9.53 Å². The molecule has 2 N–H and O–H groups in total. The Bertz CT molecular complexity index is 424. The van der Waals surface area contributed by atoms with E-state index in [0.29, 0.717) is 18.2 Å². The third-order valence-electron chi connectivity index (χ3n) is 2.38. The summed E-state index contributed by atoms with van der Waals surface area (Å²) in [6.45, 7) is 6.39. The number of pyridine rings is 1. The van der Waals surface area contributed by atoms with Gasteiger partial charge in [-0.2, -0.15) is 0 Å². The van der Waals surface area contributed by atoms with Gasteiger partial charge in [0.2, 0.25) is 11.8 Å². The number of methoxy groups -OCH3 is 1. The van der Waals surface area contributed by atoms with E-state index in [1.807, 2.05) is 26.8 Å². The van der Waals surface area contributed by atoms with E-state index in [0.717, 1.165) is 0 Å². The van der Waals surface area contributed by atoms with Crippen LogP contribution in [0.3, 0.4) is 0 Å². The molecule has 20 heavy (non-hydrogen) atoms. The fourth-order valence-corrected chi connectivity index (χ4v) is 1.64. The van der Waals surface area contributed by atoms with Gasteiger partial charge in [0.1, 0.15) is 0 Å². The lowest BCUT2D eigenvalue weighted by Gasteiger charge is -2.15. The van der Waals surface area contributed by atoms with Crippen LogP contribution < -0.4 is 15.4 Å². The molecular formula is C14H23N3O3. The van der Waals surface area contributed by atoms with Crippen LogP contribution in [0.15, 0.2) is 18.3 Å². The number of hydrogen-bond acceptors (Lipinski definition) is 5. The Balaban J connectivity index is 2.50. The zero-order chi connectivity index (χ0) is 15.0. The Kier molecular flexibility index (Phi) is 6.79. The molecule has 1 unspecified atom stereocenters. The molecule has 0 radical (unpaired) electrons. The number of amides is 1. The Morgan fingerprint density at radius 2 is 2.15 bits per heavy atom. The van der Waals surface area contributed by atoms with E-state index in [9.17, 15) is 4.79 Å². The summed E-state index contributed by atoms with van der Waals surface area (Å²) in [5.41, 5.74) is 0.704. The zero-order valence-electron chi connectivity index (χ0n) is 12.5. The maximum absolute atomic E-state index is 11.7. The summed E-state index contributed by atoms with van der Waals surface area (Å²) >= 11 is 0. The first-order valence-corrected chi connectivity index (χ1v) is 6.66. The minimum absolute atomic E-state index is 0.0189. The lowest BCUT2D eigenvalue weighted by molar-refractivity contribution is -0.120. The van der Waals surface area contributed by atoms with Gasteiger partial charge in [0.25, 0.3) is 0 Å². The molecule has 0 aliphatic rings. The summed E-state index contributed by atoms with van der Waals surface area (Å²) in [6.07, 6.45) is 1.69. The molecule has 1 atom stereocenters. The summed E-state index contributed by atoms with van der Waals surface area (Å²) in [5, 5.41) is 5.85. The number of aromatic nitrogens is 1. The van der Waals surface area contributed by atoms with Crippen molar-refractivity contribution in [1.82, 2.24) is 10.3 Å². The maximum Gasteiger partial charge on any atom is 0.239 e. The highest BCUT2D eigenvalue weighted by Gasteiger charge is 2.10. The summed E-state index contributed by atoms with van der Waals surface area (Å²) in [4.78, 5) is 15.9. The molecule has 0 spiro atoms. The molecular weight excluding hydrogens is 258 g/mol. The smallest absolute Gasteiger partial charge is 0.239 e. The van der Waals surface area contributed by atoms with Crippen molar-refractivity contribution in [2.24, 2.45) is 0 Å². The van der Waals surface area contributed by atoms with Crippen LogP contribution in [0.1, 0.15) is 20.8 Å². The van der Waals surface area contributed by atoms with Gasteiger partial charge < -0.3 is 20.1 Å². The number of nitrogens with zero attached hydrogens (tertiary/aromatic N) is 1. The molecule has 0 aromatic carbocycles. The molecule has 1 heterocycles. The van der Waals surface area contributed by atoms with E-state index in [1.54, 1.807) is 19.4 Å². The second-order valence-corrected chi connectivity index (χ2v) is 4.80. The highest BCUT2D eigenvalue weighted by molar-refractivity contribution is 5.81. The Labute approximate surface area is 119 Å². The number of carbonyl (C=O) groups is 1. The van der Waals surface area contributed by atoms with Crippen molar-refractivity contribution in [2.75, 3.05) is 25.6 Å². The second-order valence-electron chi connectivity index (χ2n) is 4.80. The molecule has 1 rings (SSSR count). The summed E-state index contributed by atoms with van der Waals surface area (Å²) in [6, 6.07) is 3.60. The Morgan fingerprint density at radius 1 is 1.40 bits per heavy atom. The third-order valence-corrected chi connectivity index (χ3v) is 2.38. The summed E-state index contributed by atoms with van der Waals surface area (Å²) in [5.74, 6) is 0.397. The Hall–Kier alpha value is -1.82. The lowest BCUT2D eigenvalue weighted by atomic mass is 10.3. The fourth-order valence-electron chi connectivity index (χ4n) is 1.64. The van der Waals surface area contributed by atoms with Crippen LogP contribution in [0.4, 0.5) is 5.69 Å².